The van der Waals surface area contributed by atoms with Crippen molar-refractivity contribution in [3.63, 3.8) is 0 Å². The number of oxazole rings is 1. The third-order valence-electron chi connectivity index (χ3n) is 4.21. The van der Waals surface area contributed by atoms with Crippen LogP contribution in [0.4, 0.5) is 0 Å². The van der Waals surface area contributed by atoms with Crippen molar-refractivity contribution in [3.05, 3.63) is 83.5 Å². The molecule has 0 bridgehead atoms. The zero-order chi connectivity index (χ0) is 21.5. The van der Waals surface area contributed by atoms with Crippen LogP contribution in [0.1, 0.15) is 27.3 Å². The lowest BCUT2D eigenvalue weighted by Gasteiger charge is -2.00. The lowest BCUT2D eigenvalue weighted by Crippen LogP contribution is -2.10. The number of primary amides is 1. The Morgan fingerprint density at radius 3 is 2.33 bits per heavy atom. The van der Waals surface area contributed by atoms with E-state index in [0.29, 0.717) is 5.89 Å². The van der Waals surface area contributed by atoms with Crippen molar-refractivity contribution < 1.29 is 13.9 Å². The van der Waals surface area contributed by atoms with E-state index < -0.39 is 5.91 Å². The van der Waals surface area contributed by atoms with E-state index in [1.54, 1.807) is 31.4 Å². The number of hydrogen-bond acceptors (Lipinski definition) is 6. The maximum absolute atomic E-state index is 10.8. The standard InChI is InChI=1S/C11H13N3.C11H10N2O3/c1-9-3-5-11(6-4-9)8-14-7-10(2)12-13-14;1-15-8-4-2-7(3-5-8)11-13-9(6-16-11)10(12)14/h3-7H,8H2,1-2H3;2-6H,1H3,(H2,12,14). The average molecular weight is 405 g/mol. The third-order valence-corrected chi connectivity index (χ3v) is 4.21. The molecule has 1 amide bonds. The first-order valence-corrected chi connectivity index (χ1v) is 9.26. The van der Waals surface area contributed by atoms with Gasteiger partial charge in [0.1, 0.15) is 12.0 Å². The monoisotopic (exact) mass is 405 g/mol. The second kappa shape index (κ2) is 9.51. The molecular formula is C22H23N5O3. The van der Waals surface area contributed by atoms with E-state index in [2.05, 4.69) is 46.5 Å². The molecule has 2 heterocycles. The van der Waals surface area contributed by atoms with Crippen LogP contribution < -0.4 is 10.5 Å². The Morgan fingerprint density at radius 2 is 1.80 bits per heavy atom. The average Bonchev–Trinajstić information content (AvgIpc) is 3.40. The largest absolute Gasteiger partial charge is 0.497 e. The Labute approximate surface area is 174 Å². The predicted molar refractivity (Wildman–Crippen MR) is 112 cm³/mol. The van der Waals surface area contributed by atoms with Crippen molar-refractivity contribution >= 4 is 5.91 Å². The van der Waals surface area contributed by atoms with Crippen LogP contribution >= 0.6 is 0 Å². The van der Waals surface area contributed by atoms with E-state index in [0.717, 1.165) is 23.6 Å². The molecule has 0 aliphatic rings. The fourth-order valence-electron chi connectivity index (χ4n) is 2.61. The van der Waals surface area contributed by atoms with Crippen molar-refractivity contribution in [1.82, 2.24) is 20.0 Å². The highest BCUT2D eigenvalue weighted by atomic mass is 16.5. The predicted octanol–water partition coefficient (Wildman–Crippen LogP) is 3.39. The van der Waals surface area contributed by atoms with Gasteiger partial charge in [-0.05, 0) is 43.7 Å². The molecule has 0 spiro atoms. The summed E-state index contributed by atoms with van der Waals surface area (Å²) in [4.78, 5) is 14.8. The van der Waals surface area contributed by atoms with E-state index in [4.69, 9.17) is 14.9 Å². The van der Waals surface area contributed by atoms with Gasteiger partial charge in [-0.3, -0.25) is 4.79 Å². The molecule has 2 aromatic carbocycles. The van der Waals surface area contributed by atoms with Crippen LogP contribution in [0.25, 0.3) is 11.5 Å². The van der Waals surface area contributed by atoms with Gasteiger partial charge in [-0.25, -0.2) is 9.67 Å². The molecule has 0 unspecified atom stereocenters. The first kappa shape index (κ1) is 20.8. The van der Waals surface area contributed by atoms with E-state index in [-0.39, 0.29) is 5.69 Å². The maximum atomic E-state index is 10.8. The SMILES string of the molecule is COc1ccc(-c2nc(C(N)=O)co2)cc1.Cc1ccc(Cn2cc(C)nn2)cc1. The Balaban J connectivity index is 0.000000172. The summed E-state index contributed by atoms with van der Waals surface area (Å²) in [5.74, 6) is 0.491. The summed E-state index contributed by atoms with van der Waals surface area (Å²) >= 11 is 0. The molecule has 0 saturated carbocycles. The number of benzene rings is 2. The molecule has 154 valence electrons. The summed E-state index contributed by atoms with van der Waals surface area (Å²) in [6.07, 6.45) is 3.18. The van der Waals surface area contributed by atoms with Gasteiger partial charge in [0, 0.05) is 11.8 Å². The van der Waals surface area contributed by atoms with Gasteiger partial charge in [-0.2, -0.15) is 0 Å². The number of amides is 1. The molecule has 4 rings (SSSR count). The fraction of sp³-hybridized carbons (Fsp3) is 0.182. The summed E-state index contributed by atoms with van der Waals surface area (Å²) < 4.78 is 12.0. The number of nitrogens with two attached hydrogens (primary N) is 1. The number of aryl methyl sites for hydroxylation is 2. The molecular weight excluding hydrogens is 382 g/mol. The van der Waals surface area contributed by atoms with Crippen molar-refractivity contribution in [2.45, 2.75) is 20.4 Å². The Kier molecular flexibility index (Phi) is 6.59. The topological polar surface area (TPSA) is 109 Å². The summed E-state index contributed by atoms with van der Waals surface area (Å²) in [6.45, 7) is 4.82. The van der Waals surface area contributed by atoms with E-state index in [9.17, 15) is 4.79 Å². The van der Waals surface area contributed by atoms with Crippen LogP contribution in [-0.2, 0) is 6.54 Å². The fourth-order valence-corrected chi connectivity index (χ4v) is 2.61. The van der Waals surface area contributed by atoms with Gasteiger partial charge in [0.25, 0.3) is 5.91 Å². The van der Waals surface area contributed by atoms with Crippen LogP contribution in [0.2, 0.25) is 0 Å². The Hall–Kier alpha value is -3.94. The minimum absolute atomic E-state index is 0.116. The first-order chi connectivity index (χ1) is 14.4. The second-order valence-corrected chi connectivity index (χ2v) is 6.67. The van der Waals surface area contributed by atoms with Crippen molar-refractivity contribution in [2.75, 3.05) is 7.11 Å². The summed E-state index contributed by atoms with van der Waals surface area (Å²) in [6, 6.07) is 15.6. The molecule has 0 aliphatic heterocycles. The van der Waals surface area contributed by atoms with Crippen molar-refractivity contribution in [2.24, 2.45) is 5.73 Å². The van der Waals surface area contributed by atoms with Gasteiger partial charge in [-0.15, -0.1) is 5.10 Å². The van der Waals surface area contributed by atoms with Crippen LogP contribution in [0.5, 0.6) is 5.75 Å². The van der Waals surface area contributed by atoms with Gasteiger partial charge < -0.3 is 14.9 Å². The normalized spacial score (nSPS) is 10.2. The van der Waals surface area contributed by atoms with Gasteiger partial charge in [0.05, 0.1) is 19.3 Å². The van der Waals surface area contributed by atoms with Crippen LogP contribution in [-0.4, -0.2) is 33.0 Å². The van der Waals surface area contributed by atoms with Crippen molar-refractivity contribution in [3.8, 4) is 17.2 Å². The number of ether oxygens (including phenoxy) is 1. The highest BCUT2D eigenvalue weighted by molar-refractivity contribution is 5.90. The second-order valence-electron chi connectivity index (χ2n) is 6.67. The molecule has 8 heteroatoms. The van der Waals surface area contributed by atoms with Crippen LogP contribution in [0, 0.1) is 13.8 Å². The highest BCUT2D eigenvalue weighted by Gasteiger charge is 2.10. The Bertz CT molecular complexity index is 1100. The number of carbonyl (C=O) groups is 1. The van der Waals surface area contributed by atoms with Crippen molar-refractivity contribution in [1.29, 1.82) is 0 Å². The number of aromatic nitrogens is 4. The van der Waals surface area contributed by atoms with Gasteiger partial charge in [0.15, 0.2) is 5.69 Å². The molecule has 4 aromatic rings. The number of hydrogen-bond donors (Lipinski definition) is 1. The minimum atomic E-state index is -0.608. The van der Waals surface area contributed by atoms with Gasteiger partial charge in [-0.1, -0.05) is 35.0 Å². The molecule has 8 nitrogen and oxygen atoms in total. The molecule has 2 aromatic heterocycles. The van der Waals surface area contributed by atoms with Gasteiger partial charge in [0.2, 0.25) is 5.89 Å². The van der Waals surface area contributed by atoms with Crippen LogP contribution in [0.3, 0.4) is 0 Å². The first-order valence-electron chi connectivity index (χ1n) is 9.26. The maximum Gasteiger partial charge on any atom is 0.270 e. The molecule has 0 aliphatic carbocycles. The van der Waals surface area contributed by atoms with Crippen LogP contribution in [0.15, 0.2) is 65.4 Å². The highest BCUT2D eigenvalue weighted by Crippen LogP contribution is 2.21. The zero-order valence-corrected chi connectivity index (χ0v) is 17.1. The van der Waals surface area contributed by atoms with Gasteiger partial charge >= 0.3 is 0 Å². The number of rotatable bonds is 5. The molecule has 30 heavy (non-hydrogen) atoms. The number of nitrogens with zero attached hydrogens (tertiary/aromatic N) is 4. The molecule has 2 N–H and O–H groups in total. The number of methoxy groups -OCH3 is 1. The smallest absolute Gasteiger partial charge is 0.270 e. The van der Waals surface area contributed by atoms with E-state index in [1.807, 2.05) is 17.8 Å². The quantitative estimate of drug-likeness (QED) is 0.545. The minimum Gasteiger partial charge on any atom is -0.497 e. The molecule has 0 atom stereocenters. The molecule has 0 fully saturated rings. The third kappa shape index (κ3) is 5.54. The zero-order valence-electron chi connectivity index (χ0n) is 17.1. The molecule has 0 radical (unpaired) electrons. The lowest BCUT2D eigenvalue weighted by molar-refractivity contribution is 0.0995. The summed E-state index contributed by atoms with van der Waals surface area (Å²) in [5.41, 5.74) is 9.43. The summed E-state index contributed by atoms with van der Waals surface area (Å²) in [7, 11) is 1.59. The lowest BCUT2D eigenvalue weighted by atomic mass is 10.1. The van der Waals surface area contributed by atoms with E-state index >= 15 is 0 Å². The molecule has 0 saturated heterocycles. The van der Waals surface area contributed by atoms with E-state index in [1.165, 1.54) is 17.4 Å². The Morgan fingerprint density at radius 1 is 1.10 bits per heavy atom. The number of carbonyl (C=O) groups excluding carboxylic acids is 1. The summed E-state index contributed by atoms with van der Waals surface area (Å²) in [5, 5.41) is 7.94.